The first-order valence-corrected chi connectivity index (χ1v) is 18.5. The Bertz CT molecular complexity index is 2770. The maximum atomic E-state index is 2.42. The van der Waals surface area contributed by atoms with Gasteiger partial charge in [-0.05, 0) is 104 Å². The van der Waals surface area contributed by atoms with Gasteiger partial charge in [-0.25, -0.2) is 0 Å². The summed E-state index contributed by atoms with van der Waals surface area (Å²) in [6, 6.07) is 64.9. The molecule has 0 atom stereocenters. The molecular formula is C49H35NS. The Kier molecular flexibility index (Phi) is 6.78. The van der Waals surface area contributed by atoms with Crippen LogP contribution in [0.25, 0.3) is 64.3 Å². The van der Waals surface area contributed by atoms with E-state index < -0.39 is 0 Å². The molecule has 1 aromatic heterocycles. The third-order valence-electron chi connectivity index (χ3n) is 10.8. The van der Waals surface area contributed by atoms with Crippen molar-refractivity contribution in [1.29, 1.82) is 0 Å². The van der Waals surface area contributed by atoms with Gasteiger partial charge in [-0.3, -0.25) is 0 Å². The average molecular weight is 670 g/mol. The SMILES string of the molecule is CC1(C)c2ccccc2-c2ccc(N(c3ccc(-c4cc(-c5ccccc5)c5sc6ccccc6c5c4)cc3)c3ccc4ccccc4c3)cc21. The monoisotopic (exact) mass is 669 g/mol. The summed E-state index contributed by atoms with van der Waals surface area (Å²) < 4.78 is 2.66. The van der Waals surface area contributed by atoms with Gasteiger partial charge in [-0.15, -0.1) is 11.3 Å². The standard InChI is InChI=1S/C49H35NS/c1-49(2)45-18-10-8-16-40(45)41-27-26-39(31-46(41)49)50(38-25-22-32-12-6-7-15-35(32)28-38)37-23-20-33(21-24-37)36-29-43(34-13-4-3-5-14-34)48-44(30-36)42-17-9-11-19-47(42)51-48/h3-31H,1-2H3. The van der Waals surface area contributed by atoms with Crippen molar-refractivity contribution >= 4 is 59.3 Å². The van der Waals surface area contributed by atoms with Crippen LogP contribution in [0.1, 0.15) is 25.0 Å². The molecule has 0 amide bonds. The zero-order chi connectivity index (χ0) is 34.1. The lowest BCUT2D eigenvalue weighted by Gasteiger charge is -2.28. The Morgan fingerprint density at radius 2 is 1.08 bits per heavy atom. The van der Waals surface area contributed by atoms with Gasteiger partial charge in [0.2, 0.25) is 0 Å². The molecule has 0 unspecified atom stereocenters. The predicted octanol–water partition coefficient (Wildman–Crippen LogP) is 14.3. The number of nitrogens with zero attached hydrogens (tertiary/aromatic N) is 1. The maximum absolute atomic E-state index is 2.42. The van der Waals surface area contributed by atoms with E-state index in [-0.39, 0.29) is 5.41 Å². The van der Waals surface area contributed by atoms with Crippen LogP contribution in [-0.2, 0) is 5.41 Å². The smallest absolute Gasteiger partial charge is 0.0468 e. The molecule has 8 aromatic carbocycles. The van der Waals surface area contributed by atoms with Gasteiger partial charge in [0, 0.05) is 48.2 Å². The van der Waals surface area contributed by atoms with Crippen LogP contribution in [0.2, 0.25) is 0 Å². The van der Waals surface area contributed by atoms with E-state index in [1.54, 1.807) is 0 Å². The highest BCUT2D eigenvalue weighted by Gasteiger charge is 2.35. The Labute approximate surface area is 302 Å². The molecule has 2 heteroatoms. The summed E-state index contributed by atoms with van der Waals surface area (Å²) in [5.41, 5.74) is 13.8. The van der Waals surface area contributed by atoms with Crippen molar-refractivity contribution < 1.29 is 0 Å². The molecule has 1 heterocycles. The van der Waals surface area contributed by atoms with Gasteiger partial charge < -0.3 is 4.90 Å². The van der Waals surface area contributed by atoms with Crippen molar-refractivity contribution in [3.63, 3.8) is 0 Å². The number of thiophene rings is 1. The number of hydrogen-bond donors (Lipinski definition) is 0. The molecule has 51 heavy (non-hydrogen) atoms. The van der Waals surface area contributed by atoms with Gasteiger partial charge in [0.1, 0.15) is 0 Å². The molecule has 0 saturated heterocycles. The van der Waals surface area contributed by atoms with Crippen LogP contribution in [0.5, 0.6) is 0 Å². The highest BCUT2D eigenvalue weighted by atomic mass is 32.1. The number of fused-ring (bicyclic) bond motifs is 7. The summed E-state index contributed by atoms with van der Waals surface area (Å²) in [4.78, 5) is 2.42. The molecule has 0 spiro atoms. The van der Waals surface area contributed by atoms with Gasteiger partial charge in [-0.1, -0.05) is 135 Å². The van der Waals surface area contributed by atoms with Crippen molar-refractivity contribution in [2.75, 3.05) is 4.90 Å². The largest absolute Gasteiger partial charge is 0.310 e. The van der Waals surface area contributed by atoms with E-state index in [1.807, 2.05) is 11.3 Å². The second kappa shape index (κ2) is 11.6. The van der Waals surface area contributed by atoms with Crippen molar-refractivity contribution in [3.05, 3.63) is 187 Å². The molecule has 0 radical (unpaired) electrons. The zero-order valence-electron chi connectivity index (χ0n) is 28.6. The minimum atomic E-state index is -0.0816. The van der Waals surface area contributed by atoms with Crippen LogP contribution >= 0.6 is 11.3 Å². The molecular weight excluding hydrogens is 635 g/mol. The number of hydrogen-bond acceptors (Lipinski definition) is 2. The van der Waals surface area contributed by atoms with Crippen LogP contribution in [-0.4, -0.2) is 0 Å². The Balaban J connectivity index is 1.12. The van der Waals surface area contributed by atoms with Crippen LogP contribution in [0.3, 0.4) is 0 Å². The summed E-state index contributed by atoms with van der Waals surface area (Å²) in [7, 11) is 0. The molecule has 1 nitrogen and oxygen atoms in total. The number of benzene rings is 8. The van der Waals surface area contributed by atoms with Crippen LogP contribution in [0.15, 0.2) is 176 Å². The summed E-state index contributed by atoms with van der Waals surface area (Å²) in [6.45, 7) is 4.71. The van der Waals surface area contributed by atoms with E-state index >= 15 is 0 Å². The third-order valence-corrected chi connectivity index (χ3v) is 12.1. The van der Waals surface area contributed by atoms with E-state index in [0.717, 1.165) is 17.1 Å². The van der Waals surface area contributed by atoms with Crippen LogP contribution < -0.4 is 4.90 Å². The van der Waals surface area contributed by atoms with Crippen molar-refractivity contribution in [3.8, 4) is 33.4 Å². The first kappa shape index (κ1) is 29.9. The van der Waals surface area contributed by atoms with E-state index in [4.69, 9.17) is 0 Å². The number of rotatable bonds is 5. The average Bonchev–Trinajstić information content (AvgIpc) is 3.67. The quantitative estimate of drug-likeness (QED) is 0.176. The topological polar surface area (TPSA) is 3.24 Å². The summed E-state index contributed by atoms with van der Waals surface area (Å²) >= 11 is 1.89. The van der Waals surface area contributed by atoms with Crippen LogP contribution in [0, 0.1) is 0 Å². The molecule has 10 rings (SSSR count). The minimum Gasteiger partial charge on any atom is -0.310 e. The van der Waals surface area contributed by atoms with Gasteiger partial charge in [0.15, 0.2) is 0 Å². The first-order chi connectivity index (χ1) is 25.0. The van der Waals surface area contributed by atoms with Crippen molar-refractivity contribution in [1.82, 2.24) is 0 Å². The van der Waals surface area contributed by atoms with Gasteiger partial charge in [-0.2, -0.15) is 0 Å². The Hall–Kier alpha value is -5.96. The third kappa shape index (κ3) is 4.82. The molecule has 0 N–H and O–H groups in total. The van der Waals surface area contributed by atoms with Crippen molar-refractivity contribution in [2.24, 2.45) is 0 Å². The summed E-state index contributed by atoms with van der Waals surface area (Å²) in [5, 5.41) is 5.11. The Morgan fingerprint density at radius 3 is 1.94 bits per heavy atom. The molecule has 242 valence electrons. The summed E-state index contributed by atoms with van der Waals surface area (Å²) in [6.07, 6.45) is 0. The minimum absolute atomic E-state index is 0.0816. The second-order valence-electron chi connectivity index (χ2n) is 14.2. The highest BCUT2D eigenvalue weighted by molar-refractivity contribution is 7.26. The molecule has 0 saturated carbocycles. The number of anilines is 3. The fraction of sp³-hybridized carbons (Fsp3) is 0.0612. The normalized spacial score (nSPS) is 13.1. The van der Waals surface area contributed by atoms with Gasteiger partial charge in [0.25, 0.3) is 0 Å². The fourth-order valence-electron chi connectivity index (χ4n) is 8.22. The lowest BCUT2D eigenvalue weighted by molar-refractivity contribution is 0.660. The maximum Gasteiger partial charge on any atom is 0.0468 e. The van der Waals surface area contributed by atoms with E-state index in [0.29, 0.717) is 0 Å². The lowest BCUT2D eigenvalue weighted by atomic mass is 9.82. The first-order valence-electron chi connectivity index (χ1n) is 17.7. The summed E-state index contributed by atoms with van der Waals surface area (Å²) in [5.74, 6) is 0. The molecule has 0 bridgehead atoms. The lowest BCUT2D eigenvalue weighted by Crippen LogP contribution is -2.16. The molecule has 0 fully saturated rings. The fourth-order valence-corrected chi connectivity index (χ4v) is 9.44. The zero-order valence-corrected chi connectivity index (χ0v) is 29.4. The second-order valence-corrected chi connectivity index (χ2v) is 15.2. The Morgan fingerprint density at radius 1 is 0.412 bits per heavy atom. The van der Waals surface area contributed by atoms with E-state index in [9.17, 15) is 0 Å². The highest BCUT2D eigenvalue weighted by Crippen LogP contribution is 2.51. The molecule has 1 aliphatic carbocycles. The van der Waals surface area contributed by atoms with Crippen LogP contribution in [0.4, 0.5) is 17.1 Å². The molecule has 0 aliphatic heterocycles. The predicted molar refractivity (Wildman–Crippen MR) is 220 cm³/mol. The van der Waals surface area contributed by atoms with Crippen molar-refractivity contribution in [2.45, 2.75) is 19.3 Å². The molecule has 9 aromatic rings. The molecule has 1 aliphatic rings. The van der Waals surface area contributed by atoms with E-state index in [1.165, 1.54) is 75.5 Å². The van der Waals surface area contributed by atoms with Gasteiger partial charge >= 0.3 is 0 Å². The van der Waals surface area contributed by atoms with Gasteiger partial charge in [0.05, 0.1) is 0 Å². The van der Waals surface area contributed by atoms with E-state index in [2.05, 4.69) is 195 Å².